The first-order valence-electron chi connectivity index (χ1n) is 7.88. The zero-order valence-corrected chi connectivity index (χ0v) is 13.4. The van der Waals surface area contributed by atoms with Crippen LogP contribution in [0.15, 0.2) is 24.7 Å². The highest BCUT2D eigenvalue weighted by Gasteiger charge is 2.29. The van der Waals surface area contributed by atoms with E-state index in [2.05, 4.69) is 28.6 Å². The molecule has 0 saturated carbocycles. The number of hydrogen-bond donors (Lipinski definition) is 0. The number of carbonyl (C=O) groups is 1. The molecule has 0 bridgehead atoms. The first-order valence-corrected chi connectivity index (χ1v) is 7.88. The van der Waals surface area contributed by atoms with Crippen LogP contribution in [0.4, 0.5) is 0 Å². The summed E-state index contributed by atoms with van der Waals surface area (Å²) in [7, 11) is 1.91. The van der Waals surface area contributed by atoms with Crippen LogP contribution in [0.5, 0.6) is 0 Å². The van der Waals surface area contributed by atoms with Crippen molar-refractivity contribution in [1.29, 1.82) is 0 Å². The number of aromatic nitrogens is 4. The van der Waals surface area contributed by atoms with Gasteiger partial charge in [0.1, 0.15) is 17.8 Å². The van der Waals surface area contributed by atoms with E-state index in [-0.39, 0.29) is 11.8 Å². The minimum absolute atomic E-state index is 0.104. The van der Waals surface area contributed by atoms with E-state index in [9.17, 15) is 4.79 Å². The van der Waals surface area contributed by atoms with Gasteiger partial charge in [0.15, 0.2) is 0 Å². The van der Waals surface area contributed by atoms with Gasteiger partial charge in [-0.15, -0.1) is 10.2 Å². The van der Waals surface area contributed by atoms with Gasteiger partial charge in [0.25, 0.3) is 5.91 Å². The van der Waals surface area contributed by atoms with Crippen molar-refractivity contribution >= 4 is 5.91 Å². The first-order chi connectivity index (χ1) is 10.6. The third kappa shape index (κ3) is 2.65. The Hall–Kier alpha value is -2.11. The molecule has 6 nitrogen and oxygen atoms in total. The Morgan fingerprint density at radius 3 is 2.91 bits per heavy atom. The molecule has 1 aliphatic rings. The van der Waals surface area contributed by atoms with Crippen LogP contribution in [-0.4, -0.2) is 43.2 Å². The van der Waals surface area contributed by atoms with Crippen LogP contribution in [-0.2, 0) is 7.05 Å². The summed E-state index contributed by atoms with van der Waals surface area (Å²) in [6.45, 7) is 5.79. The lowest BCUT2D eigenvalue weighted by atomic mass is 9.96. The molecular formula is C16H23N5O. The lowest BCUT2D eigenvalue weighted by Crippen LogP contribution is -2.40. The van der Waals surface area contributed by atoms with Crippen LogP contribution in [0.25, 0.3) is 0 Å². The Labute approximate surface area is 130 Å². The summed E-state index contributed by atoms with van der Waals surface area (Å²) in [6.07, 6.45) is 5.76. The summed E-state index contributed by atoms with van der Waals surface area (Å²) in [5, 5.41) is 8.36. The number of piperidine rings is 1. The first kappa shape index (κ1) is 14.8. The van der Waals surface area contributed by atoms with E-state index >= 15 is 0 Å². The third-order valence-corrected chi connectivity index (χ3v) is 4.39. The quantitative estimate of drug-likeness (QED) is 0.873. The molecule has 0 spiro atoms. The van der Waals surface area contributed by atoms with Crippen LogP contribution < -0.4 is 0 Å². The fourth-order valence-corrected chi connectivity index (χ4v) is 3.16. The van der Waals surface area contributed by atoms with Gasteiger partial charge in [0.2, 0.25) is 0 Å². The van der Waals surface area contributed by atoms with Gasteiger partial charge < -0.3 is 14.0 Å². The molecule has 1 aliphatic heterocycles. The second kappa shape index (κ2) is 5.94. The Bertz CT molecular complexity index is 657. The molecule has 2 aromatic heterocycles. The van der Waals surface area contributed by atoms with Crippen molar-refractivity contribution < 1.29 is 4.79 Å². The van der Waals surface area contributed by atoms with E-state index in [0.717, 1.165) is 37.4 Å². The van der Waals surface area contributed by atoms with Crippen molar-refractivity contribution in [3.05, 3.63) is 36.2 Å². The summed E-state index contributed by atoms with van der Waals surface area (Å²) in [5.74, 6) is 1.37. The van der Waals surface area contributed by atoms with Gasteiger partial charge in [-0.1, -0.05) is 0 Å². The van der Waals surface area contributed by atoms with Gasteiger partial charge in [-0.05, 0) is 38.8 Å². The van der Waals surface area contributed by atoms with Gasteiger partial charge in [0, 0.05) is 38.3 Å². The number of likely N-dealkylation sites (tertiary alicyclic amines) is 1. The van der Waals surface area contributed by atoms with Gasteiger partial charge in [-0.3, -0.25) is 4.79 Å². The SMILES string of the molecule is CC(C)n1cnnc1C1CCCN(C(=O)c2cccn2C)C1. The summed E-state index contributed by atoms with van der Waals surface area (Å²) < 4.78 is 3.99. The van der Waals surface area contributed by atoms with E-state index < -0.39 is 0 Å². The summed E-state index contributed by atoms with van der Waals surface area (Å²) in [5.41, 5.74) is 0.742. The highest BCUT2D eigenvalue weighted by molar-refractivity contribution is 5.92. The molecule has 0 aromatic carbocycles. The van der Waals surface area contributed by atoms with Crippen molar-refractivity contribution in [2.24, 2.45) is 7.05 Å². The standard InChI is InChI=1S/C16H23N5O/c1-12(2)21-11-17-18-15(21)13-6-4-9-20(10-13)16(22)14-7-5-8-19(14)3/h5,7-8,11-13H,4,6,9-10H2,1-3H3. The van der Waals surface area contributed by atoms with E-state index in [1.54, 1.807) is 6.33 Å². The average Bonchev–Trinajstić information content (AvgIpc) is 3.15. The molecule has 1 saturated heterocycles. The molecule has 118 valence electrons. The van der Waals surface area contributed by atoms with Gasteiger partial charge >= 0.3 is 0 Å². The van der Waals surface area contributed by atoms with Crippen LogP contribution in [0, 0.1) is 0 Å². The van der Waals surface area contributed by atoms with Crippen LogP contribution in [0.2, 0.25) is 0 Å². The number of rotatable bonds is 3. The minimum atomic E-state index is 0.104. The number of amides is 1. The van der Waals surface area contributed by atoms with Crippen LogP contribution in [0.3, 0.4) is 0 Å². The van der Waals surface area contributed by atoms with Crippen molar-refractivity contribution in [2.45, 2.75) is 38.6 Å². The molecule has 0 aliphatic carbocycles. The normalized spacial score (nSPS) is 18.9. The molecule has 1 amide bonds. The van der Waals surface area contributed by atoms with E-state index in [0.29, 0.717) is 6.04 Å². The Morgan fingerprint density at radius 1 is 1.41 bits per heavy atom. The molecular weight excluding hydrogens is 278 g/mol. The molecule has 6 heteroatoms. The number of carbonyl (C=O) groups excluding carboxylic acids is 1. The smallest absolute Gasteiger partial charge is 0.270 e. The van der Waals surface area contributed by atoms with Crippen molar-refractivity contribution in [3.8, 4) is 0 Å². The third-order valence-electron chi connectivity index (χ3n) is 4.39. The summed E-state index contributed by atoms with van der Waals surface area (Å²) >= 11 is 0. The van der Waals surface area contributed by atoms with Crippen LogP contribution in [0.1, 0.15) is 55.0 Å². The summed E-state index contributed by atoms with van der Waals surface area (Å²) in [6, 6.07) is 4.12. The minimum Gasteiger partial charge on any atom is -0.347 e. The van der Waals surface area contributed by atoms with E-state index in [1.807, 2.05) is 34.8 Å². The number of aryl methyl sites for hydroxylation is 1. The highest BCUT2D eigenvalue weighted by Crippen LogP contribution is 2.27. The van der Waals surface area contributed by atoms with Gasteiger partial charge in [-0.25, -0.2) is 0 Å². The fourth-order valence-electron chi connectivity index (χ4n) is 3.16. The van der Waals surface area contributed by atoms with Crippen molar-refractivity contribution in [3.63, 3.8) is 0 Å². The molecule has 1 unspecified atom stereocenters. The maximum Gasteiger partial charge on any atom is 0.270 e. The van der Waals surface area contributed by atoms with Crippen molar-refractivity contribution in [1.82, 2.24) is 24.2 Å². The zero-order valence-electron chi connectivity index (χ0n) is 13.4. The number of hydrogen-bond acceptors (Lipinski definition) is 3. The average molecular weight is 301 g/mol. The monoisotopic (exact) mass is 301 g/mol. The maximum atomic E-state index is 12.7. The lowest BCUT2D eigenvalue weighted by molar-refractivity contribution is 0.0693. The highest BCUT2D eigenvalue weighted by atomic mass is 16.2. The van der Waals surface area contributed by atoms with Crippen LogP contribution >= 0.6 is 0 Å². The fraction of sp³-hybridized carbons (Fsp3) is 0.562. The van der Waals surface area contributed by atoms with E-state index in [4.69, 9.17) is 0 Å². The Balaban J connectivity index is 1.78. The van der Waals surface area contributed by atoms with Crippen molar-refractivity contribution in [2.75, 3.05) is 13.1 Å². The topological polar surface area (TPSA) is 56.0 Å². The molecule has 0 N–H and O–H groups in total. The second-order valence-electron chi connectivity index (χ2n) is 6.28. The zero-order chi connectivity index (χ0) is 15.7. The Morgan fingerprint density at radius 2 is 2.23 bits per heavy atom. The predicted octanol–water partition coefficient (Wildman–Crippen LogP) is 2.22. The van der Waals surface area contributed by atoms with Gasteiger partial charge in [-0.2, -0.15) is 0 Å². The second-order valence-corrected chi connectivity index (χ2v) is 6.28. The molecule has 2 aromatic rings. The van der Waals surface area contributed by atoms with E-state index in [1.165, 1.54) is 0 Å². The summed E-state index contributed by atoms with van der Waals surface area (Å²) in [4.78, 5) is 14.6. The molecule has 3 rings (SSSR count). The number of nitrogens with zero attached hydrogens (tertiary/aromatic N) is 5. The molecule has 1 fully saturated rings. The molecule has 1 atom stereocenters. The van der Waals surface area contributed by atoms with Gasteiger partial charge in [0.05, 0.1) is 0 Å². The Kier molecular flexibility index (Phi) is 4.00. The predicted molar refractivity (Wildman–Crippen MR) is 83.7 cm³/mol. The maximum absolute atomic E-state index is 12.7. The lowest BCUT2D eigenvalue weighted by Gasteiger charge is -2.32. The molecule has 22 heavy (non-hydrogen) atoms. The molecule has 0 radical (unpaired) electrons. The largest absolute Gasteiger partial charge is 0.347 e. The molecule has 3 heterocycles.